The first kappa shape index (κ1) is 11.4. The van der Waals surface area contributed by atoms with E-state index in [1.165, 1.54) is 31.2 Å². The highest BCUT2D eigenvalue weighted by Crippen LogP contribution is 2.24. The van der Waals surface area contributed by atoms with Crippen molar-refractivity contribution in [3.63, 3.8) is 0 Å². The molecule has 3 nitrogen and oxygen atoms in total. The summed E-state index contributed by atoms with van der Waals surface area (Å²) in [7, 11) is 0.391. The van der Waals surface area contributed by atoms with Crippen LogP contribution in [-0.2, 0) is 0 Å². The first-order chi connectivity index (χ1) is 6.38. The fourth-order valence-corrected chi connectivity index (χ4v) is 1.07. The molecule has 0 saturated heterocycles. The van der Waals surface area contributed by atoms with E-state index in [2.05, 4.69) is 0 Å². The summed E-state index contributed by atoms with van der Waals surface area (Å²) in [5.41, 5.74) is -1.49. The summed E-state index contributed by atoms with van der Waals surface area (Å²) in [6.07, 6.45) is 0. The molecule has 6 heteroatoms. The minimum Gasteiger partial charge on any atom is -0.455 e. The second-order valence-corrected chi connectivity index (χ2v) is 4.06. The van der Waals surface area contributed by atoms with Crippen LogP contribution in [0.5, 0.6) is 5.75 Å². The van der Waals surface area contributed by atoms with E-state index in [4.69, 9.17) is 14.8 Å². The molecule has 0 aliphatic heterocycles. The van der Waals surface area contributed by atoms with Gasteiger partial charge >= 0.3 is 7.12 Å². The second kappa shape index (κ2) is 4.26. The minimum absolute atomic E-state index is 0.328. The van der Waals surface area contributed by atoms with Crippen molar-refractivity contribution in [3.05, 3.63) is 24.3 Å². The van der Waals surface area contributed by atoms with Crippen molar-refractivity contribution in [1.29, 1.82) is 0 Å². The van der Waals surface area contributed by atoms with E-state index in [1.807, 2.05) is 9.24 Å². The SMILES string of the molecule is CC(F)(P)Oc1ccc(B(O)O)cc1. The van der Waals surface area contributed by atoms with Gasteiger partial charge in [-0.05, 0) is 17.6 Å². The Labute approximate surface area is 84.3 Å². The molecule has 0 heterocycles. The molecule has 0 spiro atoms. The van der Waals surface area contributed by atoms with E-state index in [0.29, 0.717) is 11.2 Å². The Hall–Kier alpha value is -0.635. The van der Waals surface area contributed by atoms with Crippen LogP contribution < -0.4 is 10.2 Å². The highest BCUT2D eigenvalue weighted by atomic mass is 31.0. The quantitative estimate of drug-likeness (QED) is 0.562. The first-order valence-electron chi connectivity index (χ1n) is 4.01. The van der Waals surface area contributed by atoms with Gasteiger partial charge in [0.05, 0.1) is 0 Å². The predicted molar refractivity (Wildman–Crippen MR) is 56.1 cm³/mol. The molecule has 0 saturated carbocycles. The van der Waals surface area contributed by atoms with Crippen molar-refractivity contribution in [2.75, 3.05) is 0 Å². The lowest BCUT2D eigenvalue weighted by Gasteiger charge is -2.16. The zero-order valence-corrected chi connectivity index (χ0v) is 8.80. The van der Waals surface area contributed by atoms with E-state index in [-0.39, 0.29) is 0 Å². The third-order valence-electron chi connectivity index (χ3n) is 1.50. The van der Waals surface area contributed by atoms with Crippen LogP contribution in [0.2, 0.25) is 0 Å². The molecular weight excluding hydrogens is 205 g/mol. The summed E-state index contributed by atoms with van der Waals surface area (Å²) >= 11 is 0. The van der Waals surface area contributed by atoms with Crippen LogP contribution in [0.1, 0.15) is 6.92 Å². The van der Waals surface area contributed by atoms with Crippen LogP contribution in [0.3, 0.4) is 0 Å². The van der Waals surface area contributed by atoms with Gasteiger partial charge in [-0.15, -0.1) is 0 Å². The van der Waals surface area contributed by atoms with Crippen LogP contribution in [-0.4, -0.2) is 22.8 Å². The predicted octanol–water partition coefficient (Wildman–Crippen LogP) is 0.263. The summed E-state index contributed by atoms with van der Waals surface area (Å²) in [6, 6.07) is 5.85. The van der Waals surface area contributed by atoms with E-state index in [9.17, 15) is 4.39 Å². The topological polar surface area (TPSA) is 49.7 Å². The van der Waals surface area contributed by atoms with E-state index >= 15 is 0 Å². The molecule has 0 amide bonds. The van der Waals surface area contributed by atoms with Crippen LogP contribution >= 0.6 is 9.24 Å². The van der Waals surface area contributed by atoms with Crippen molar-refractivity contribution in [3.8, 4) is 5.75 Å². The Morgan fingerprint density at radius 1 is 1.36 bits per heavy atom. The lowest BCUT2D eigenvalue weighted by Crippen LogP contribution is -2.29. The lowest BCUT2D eigenvalue weighted by molar-refractivity contribution is 0.0473. The van der Waals surface area contributed by atoms with Gasteiger partial charge in [0.2, 0.25) is 0 Å². The standard InChI is InChI=1S/C8H11BFO3P/c1-8(10,14)13-7-4-2-6(3-5-7)9(11)12/h2-5,11-12H,14H2,1H3. The molecule has 76 valence electrons. The molecule has 2 N–H and O–H groups in total. The number of halogens is 1. The van der Waals surface area contributed by atoms with Gasteiger partial charge in [-0.2, -0.15) is 4.39 Å². The average molecular weight is 216 g/mol. The maximum atomic E-state index is 13.0. The molecule has 0 aromatic heterocycles. The Bertz CT molecular complexity index is 296. The molecular formula is C8H11BFO3P. The van der Waals surface area contributed by atoms with Gasteiger partial charge in [-0.3, -0.25) is 0 Å². The number of hydrogen-bond acceptors (Lipinski definition) is 3. The van der Waals surface area contributed by atoms with Crippen molar-refractivity contribution in [2.24, 2.45) is 0 Å². The van der Waals surface area contributed by atoms with Gasteiger partial charge in [0.1, 0.15) is 5.75 Å². The third-order valence-corrected chi connectivity index (χ3v) is 1.61. The zero-order chi connectivity index (χ0) is 10.8. The van der Waals surface area contributed by atoms with E-state index in [1.54, 1.807) is 0 Å². The van der Waals surface area contributed by atoms with Gasteiger partial charge in [0, 0.05) is 6.92 Å². The van der Waals surface area contributed by atoms with E-state index in [0.717, 1.165) is 0 Å². The van der Waals surface area contributed by atoms with E-state index < -0.39 is 12.7 Å². The van der Waals surface area contributed by atoms with Crippen LogP contribution in [0, 0.1) is 0 Å². The molecule has 14 heavy (non-hydrogen) atoms. The van der Waals surface area contributed by atoms with Gasteiger partial charge in [-0.25, -0.2) is 0 Å². The molecule has 1 rings (SSSR count). The molecule has 1 aromatic rings. The van der Waals surface area contributed by atoms with Crippen LogP contribution in [0.25, 0.3) is 0 Å². The molecule has 0 aliphatic rings. The Morgan fingerprint density at radius 2 is 1.86 bits per heavy atom. The monoisotopic (exact) mass is 216 g/mol. The van der Waals surface area contributed by atoms with Gasteiger partial charge in [0.25, 0.3) is 5.60 Å². The number of rotatable bonds is 3. The highest BCUT2D eigenvalue weighted by Gasteiger charge is 2.17. The number of alkyl halides is 1. The maximum absolute atomic E-state index is 13.0. The van der Waals surface area contributed by atoms with Crippen molar-refractivity contribution < 1.29 is 19.2 Å². The summed E-state index contributed by atoms with van der Waals surface area (Å²) in [6.45, 7) is 1.26. The molecule has 2 unspecified atom stereocenters. The largest absolute Gasteiger partial charge is 0.488 e. The number of benzene rings is 1. The minimum atomic E-state index is -1.82. The Balaban J connectivity index is 2.74. The van der Waals surface area contributed by atoms with Crippen molar-refractivity contribution in [2.45, 2.75) is 12.5 Å². The number of hydrogen-bond donors (Lipinski definition) is 2. The normalized spacial score (nSPS) is 14.6. The summed E-state index contributed by atoms with van der Waals surface area (Å²) < 4.78 is 17.8. The fourth-order valence-electron chi connectivity index (χ4n) is 0.938. The Kier molecular flexibility index (Phi) is 3.48. The molecule has 2 atom stereocenters. The fraction of sp³-hybridized carbons (Fsp3) is 0.250. The van der Waals surface area contributed by atoms with Gasteiger partial charge < -0.3 is 14.8 Å². The molecule has 0 radical (unpaired) electrons. The highest BCUT2D eigenvalue weighted by molar-refractivity contribution is 7.18. The second-order valence-electron chi connectivity index (χ2n) is 3.03. The van der Waals surface area contributed by atoms with Crippen molar-refractivity contribution >= 4 is 21.8 Å². The molecule has 0 bridgehead atoms. The average Bonchev–Trinajstić information content (AvgIpc) is 2.02. The first-order valence-corrected chi connectivity index (χ1v) is 4.59. The van der Waals surface area contributed by atoms with Crippen LogP contribution in [0.4, 0.5) is 4.39 Å². The van der Waals surface area contributed by atoms with Gasteiger partial charge in [-0.1, -0.05) is 21.4 Å². The third kappa shape index (κ3) is 3.62. The maximum Gasteiger partial charge on any atom is 0.488 e. The van der Waals surface area contributed by atoms with Crippen LogP contribution in [0.15, 0.2) is 24.3 Å². The summed E-state index contributed by atoms with van der Waals surface area (Å²) in [5, 5.41) is 17.6. The Morgan fingerprint density at radius 3 is 2.21 bits per heavy atom. The summed E-state index contributed by atoms with van der Waals surface area (Å²) in [5.74, 6) is 0.328. The lowest BCUT2D eigenvalue weighted by atomic mass is 9.80. The zero-order valence-electron chi connectivity index (χ0n) is 7.64. The summed E-state index contributed by atoms with van der Waals surface area (Å²) in [4.78, 5) is 0. The molecule has 1 aromatic carbocycles. The van der Waals surface area contributed by atoms with Crippen molar-refractivity contribution in [1.82, 2.24) is 0 Å². The van der Waals surface area contributed by atoms with Gasteiger partial charge in [0.15, 0.2) is 0 Å². The number of ether oxygens (including phenoxy) is 1. The molecule has 0 fully saturated rings. The molecule has 0 aliphatic carbocycles. The smallest absolute Gasteiger partial charge is 0.455 e.